The van der Waals surface area contributed by atoms with Crippen LogP contribution in [0.4, 0.5) is 0 Å². The van der Waals surface area contributed by atoms with Crippen molar-refractivity contribution in [3.8, 4) is 0 Å². The first-order chi connectivity index (χ1) is 6.50. The Balaban J connectivity index is 2.10. The standard InChI is InChI=1S/C8H9ClO4S/c9-8(10)6-3-1-4-5(2-3)13-14(11,12)7(4)6/h3-7H,1-2H2. The van der Waals surface area contributed by atoms with E-state index in [-0.39, 0.29) is 17.9 Å². The molecule has 4 nitrogen and oxygen atoms in total. The summed E-state index contributed by atoms with van der Waals surface area (Å²) < 4.78 is 28.1. The Bertz CT molecular complexity index is 402. The molecule has 3 rings (SSSR count). The summed E-state index contributed by atoms with van der Waals surface area (Å²) in [5, 5.41) is -1.17. The zero-order valence-corrected chi connectivity index (χ0v) is 8.79. The van der Waals surface area contributed by atoms with E-state index in [0.717, 1.165) is 6.42 Å². The van der Waals surface area contributed by atoms with Crippen molar-refractivity contribution in [3.05, 3.63) is 0 Å². The lowest BCUT2D eigenvalue weighted by Crippen LogP contribution is -2.34. The molecule has 2 saturated carbocycles. The summed E-state index contributed by atoms with van der Waals surface area (Å²) >= 11 is 5.44. The normalized spacial score (nSPS) is 52.5. The summed E-state index contributed by atoms with van der Waals surface area (Å²) in [6.07, 6.45) is 1.27. The van der Waals surface area contributed by atoms with Crippen LogP contribution in [0.2, 0.25) is 0 Å². The quantitative estimate of drug-likeness (QED) is 0.492. The Labute approximate surface area is 86.7 Å². The van der Waals surface area contributed by atoms with E-state index in [9.17, 15) is 13.2 Å². The van der Waals surface area contributed by atoms with Crippen molar-refractivity contribution in [2.24, 2.45) is 17.8 Å². The van der Waals surface area contributed by atoms with Crippen molar-refractivity contribution in [2.45, 2.75) is 24.2 Å². The first-order valence-electron chi connectivity index (χ1n) is 4.62. The highest BCUT2D eigenvalue weighted by Gasteiger charge is 2.65. The molecular formula is C8H9ClO4S. The van der Waals surface area contributed by atoms with Crippen LogP contribution in [0, 0.1) is 17.8 Å². The van der Waals surface area contributed by atoms with Crippen LogP contribution in [-0.4, -0.2) is 25.0 Å². The van der Waals surface area contributed by atoms with E-state index in [2.05, 4.69) is 0 Å². The molecule has 5 atom stereocenters. The third kappa shape index (κ3) is 0.928. The molecule has 14 heavy (non-hydrogen) atoms. The van der Waals surface area contributed by atoms with Gasteiger partial charge in [0.1, 0.15) is 5.25 Å². The second-order valence-corrected chi connectivity index (χ2v) is 6.41. The van der Waals surface area contributed by atoms with Gasteiger partial charge in [-0.3, -0.25) is 8.98 Å². The number of carbonyl (C=O) groups is 1. The summed E-state index contributed by atoms with van der Waals surface area (Å²) in [5.74, 6) is -0.389. The van der Waals surface area contributed by atoms with E-state index in [1.807, 2.05) is 0 Å². The fourth-order valence-corrected chi connectivity index (χ4v) is 5.80. The van der Waals surface area contributed by atoms with Gasteiger partial charge in [0.15, 0.2) is 0 Å². The predicted octanol–water partition coefficient (Wildman–Crippen LogP) is 0.505. The van der Waals surface area contributed by atoms with Gasteiger partial charge >= 0.3 is 0 Å². The molecule has 5 unspecified atom stereocenters. The van der Waals surface area contributed by atoms with Gasteiger partial charge in [-0.15, -0.1) is 0 Å². The van der Waals surface area contributed by atoms with E-state index < -0.39 is 26.5 Å². The number of fused-ring (bicyclic) bond motifs is 1. The van der Waals surface area contributed by atoms with Crippen LogP contribution in [0.25, 0.3) is 0 Å². The first-order valence-corrected chi connectivity index (χ1v) is 6.47. The smallest absolute Gasteiger partial charge is 0.271 e. The SMILES string of the molecule is O=C(Cl)C1C2CC3OS(=O)(=O)C1C3C2. The highest BCUT2D eigenvalue weighted by molar-refractivity contribution is 7.87. The monoisotopic (exact) mass is 236 g/mol. The average molecular weight is 237 g/mol. The maximum absolute atomic E-state index is 11.6. The summed E-state index contributed by atoms with van der Waals surface area (Å²) in [4.78, 5) is 11.2. The van der Waals surface area contributed by atoms with Crippen LogP contribution in [0.5, 0.6) is 0 Å². The van der Waals surface area contributed by atoms with Gasteiger partial charge in [0.05, 0.1) is 12.0 Å². The van der Waals surface area contributed by atoms with Crippen LogP contribution in [-0.2, 0) is 19.1 Å². The van der Waals surface area contributed by atoms with Gasteiger partial charge in [-0.05, 0) is 30.4 Å². The van der Waals surface area contributed by atoms with E-state index in [1.54, 1.807) is 0 Å². The van der Waals surface area contributed by atoms with E-state index in [4.69, 9.17) is 15.8 Å². The molecule has 0 aromatic heterocycles. The number of hydrogen-bond donors (Lipinski definition) is 0. The predicted molar refractivity (Wildman–Crippen MR) is 48.1 cm³/mol. The van der Waals surface area contributed by atoms with Gasteiger partial charge in [-0.25, -0.2) is 0 Å². The largest absolute Gasteiger partial charge is 0.281 e. The molecule has 2 aliphatic carbocycles. The van der Waals surface area contributed by atoms with Crippen LogP contribution in [0.1, 0.15) is 12.8 Å². The molecule has 6 heteroatoms. The minimum absolute atomic E-state index is 0.0118. The Morgan fingerprint density at radius 1 is 1.36 bits per heavy atom. The zero-order chi connectivity index (χ0) is 10.1. The summed E-state index contributed by atoms with van der Waals surface area (Å²) in [6.45, 7) is 0. The van der Waals surface area contributed by atoms with Gasteiger partial charge < -0.3 is 0 Å². The van der Waals surface area contributed by atoms with Gasteiger partial charge in [0, 0.05) is 5.92 Å². The summed E-state index contributed by atoms with van der Waals surface area (Å²) in [6, 6.07) is 0. The molecular weight excluding hydrogens is 228 g/mol. The van der Waals surface area contributed by atoms with Crippen molar-refractivity contribution in [2.75, 3.05) is 0 Å². The molecule has 3 aliphatic rings. The third-order valence-electron chi connectivity index (χ3n) is 3.72. The lowest BCUT2D eigenvalue weighted by molar-refractivity contribution is -0.116. The first kappa shape index (κ1) is 9.12. The fraction of sp³-hybridized carbons (Fsp3) is 0.875. The van der Waals surface area contributed by atoms with Gasteiger partial charge in [0.25, 0.3) is 10.1 Å². The van der Waals surface area contributed by atoms with Crippen molar-refractivity contribution in [1.82, 2.24) is 0 Å². The molecule has 0 aromatic rings. The summed E-state index contributed by atoms with van der Waals surface area (Å²) in [7, 11) is -3.53. The second-order valence-electron chi connectivity index (χ2n) is 4.32. The van der Waals surface area contributed by atoms with Gasteiger partial charge in [0.2, 0.25) is 5.24 Å². The maximum Gasteiger partial charge on any atom is 0.271 e. The van der Waals surface area contributed by atoms with Gasteiger partial charge in [-0.1, -0.05) is 0 Å². The van der Waals surface area contributed by atoms with Crippen LogP contribution in [0.15, 0.2) is 0 Å². The second kappa shape index (κ2) is 2.51. The summed E-state index contributed by atoms with van der Waals surface area (Å²) in [5.41, 5.74) is 0. The molecule has 0 radical (unpaired) electrons. The molecule has 0 amide bonds. The molecule has 1 saturated heterocycles. The zero-order valence-electron chi connectivity index (χ0n) is 7.22. The third-order valence-corrected chi connectivity index (χ3v) is 5.80. The topological polar surface area (TPSA) is 60.4 Å². The molecule has 1 heterocycles. The van der Waals surface area contributed by atoms with Gasteiger partial charge in [-0.2, -0.15) is 8.42 Å². The minimum Gasteiger partial charge on any atom is -0.281 e. The van der Waals surface area contributed by atoms with Crippen molar-refractivity contribution < 1.29 is 17.4 Å². The van der Waals surface area contributed by atoms with Crippen LogP contribution >= 0.6 is 11.6 Å². The number of hydrogen-bond acceptors (Lipinski definition) is 4. The van der Waals surface area contributed by atoms with Crippen molar-refractivity contribution in [1.29, 1.82) is 0 Å². The maximum atomic E-state index is 11.6. The Morgan fingerprint density at radius 3 is 2.71 bits per heavy atom. The molecule has 0 spiro atoms. The van der Waals surface area contributed by atoms with E-state index in [1.165, 1.54) is 0 Å². The number of rotatable bonds is 1. The molecule has 0 N–H and O–H groups in total. The lowest BCUT2D eigenvalue weighted by Gasteiger charge is -2.20. The van der Waals surface area contributed by atoms with Crippen molar-refractivity contribution in [3.63, 3.8) is 0 Å². The van der Waals surface area contributed by atoms with Crippen LogP contribution in [0.3, 0.4) is 0 Å². The molecule has 1 aliphatic heterocycles. The molecule has 3 fully saturated rings. The highest BCUT2D eigenvalue weighted by Crippen LogP contribution is 2.57. The average Bonchev–Trinajstić information content (AvgIpc) is 2.60. The van der Waals surface area contributed by atoms with Crippen LogP contribution < -0.4 is 0 Å². The number of halogens is 1. The highest BCUT2D eigenvalue weighted by atomic mass is 35.5. The number of carbonyl (C=O) groups excluding carboxylic acids is 1. The molecule has 2 bridgehead atoms. The lowest BCUT2D eigenvalue weighted by atomic mass is 9.88. The fourth-order valence-electron chi connectivity index (χ4n) is 3.30. The molecule has 0 aromatic carbocycles. The Kier molecular flexibility index (Phi) is 1.64. The molecule has 78 valence electrons. The van der Waals surface area contributed by atoms with E-state index >= 15 is 0 Å². The minimum atomic E-state index is -3.53. The Hall–Kier alpha value is -0.130. The van der Waals surface area contributed by atoms with E-state index in [0.29, 0.717) is 6.42 Å². The van der Waals surface area contributed by atoms with Crippen molar-refractivity contribution >= 4 is 27.0 Å². The Morgan fingerprint density at radius 2 is 2.07 bits per heavy atom.